The molecule has 1 unspecified atom stereocenters. The van der Waals surface area contributed by atoms with Gasteiger partial charge in [-0.05, 0) is 31.6 Å². The smallest absolute Gasteiger partial charge is 0.243 e. The lowest BCUT2D eigenvalue weighted by Crippen LogP contribution is -2.58. The van der Waals surface area contributed by atoms with Crippen LogP contribution in [0.1, 0.15) is 51.4 Å². The second-order valence-corrected chi connectivity index (χ2v) is 5.82. The van der Waals surface area contributed by atoms with E-state index in [1.54, 1.807) is 0 Å². The summed E-state index contributed by atoms with van der Waals surface area (Å²) >= 11 is 0. The van der Waals surface area contributed by atoms with Crippen LogP contribution in [-0.4, -0.2) is 30.6 Å². The van der Waals surface area contributed by atoms with Crippen LogP contribution in [0.15, 0.2) is 0 Å². The molecule has 108 valence electrons. The fourth-order valence-electron chi connectivity index (χ4n) is 3.06. The molecule has 0 aromatic heterocycles. The molecule has 0 radical (unpaired) electrons. The second-order valence-electron chi connectivity index (χ2n) is 5.82. The Kier molecular flexibility index (Phi) is 4.80. The number of carbonyl (C=O) groups is 2. The SMILES string of the molecule is NC(=O)C1(NC(=O)CCC2CCOC2)CCCCC1. The molecule has 2 rings (SSSR count). The van der Waals surface area contributed by atoms with E-state index >= 15 is 0 Å². The molecule has 0 spiro atoms. The van der Waals surface area contributed by atoms with Crippen molar-refractivity contribution in [2.24, 2.45) is 11.7 Å². The van der Waals surface area contributed by atoms with Gasteiger partial charge in [0.25, 0.3) is 0 Å². The molecule has 0 aromatic rings. The first kappa shape index (κ1) is 14.3. The van der Waals surface area contributed by atoms with Gasteiger partial charge in [0.2, 0.25) is 11.8 Å². The summed E-state index contributed by atoms with van der Waals surface area (Å²) in [5.74, 6) is 0.0546. The molecular weight excluding hydrogens is 244 g/mol. The number of rotatable bonds is 5. The standard InChI is InChI=1S/C14H24N2O3/c15-13(18)14(7-2-1-3-8-14)16-12(17)5-4-11-6-9-19-10-11/h11H,1-10H2,(H2,15,18)(H,16,17). The molecule has 1 atom stereocenters. The Bertz CT molecular complexity index is 332. The van der Waals surface area contributed by atoms with Gasteiger partial charge in [-0.3, -0.25) is 9.59 Å². The lowest BCUT2D eigenvalue weighted by Gasteiger charge is -2.35. The van der Waals surface area contributed by atoms with Crippen LogP contribution in [0.2, 0.25) is 0 Å². The van der Waals surface area contributed by atoms with E-state index in [9.17, 15) is 9.59 Å². The first-order valence-corrected chi connectivity index (χ1v) is 7.31. The number of nitrogens with one attached hydrogen (secondary N) is 1. The predicted octanol–water partition coefficient (Wildman–Crippen LogP) is 1.11. The zero-order valence-electron chi connectivity index (χ0n) is 11.5. The van der Waals surface area contributed by atoms with Crippen LogP contribution >= 0.6 is 0 Å². The van der Waals surface area contributed by atoms with Crippen LogP contribution in [0.25, 0.3) is 0 Å². The van der Waals surface area contributed by atoms with E-state index in [1.807, 2.05) is 0 Å². The van der Waals surface area contributed by atoms with E-state index in [0.717, 1.165) is 45.3 Å². The van der Waals surface area contributed by atoms with Crippen molar-refractivity contribution in [1.82, 2.24) is 5.32 Å². The number of carbonyl (C=O) groups excluding carboxylic acids is 2. The van der Waals surface area contributed by atoms with Crippen molar-refractivity contribution in [3.05, 3.63) is 0 Å². The number of nitrogens with two attached hydrogens (primary N) is 1. The first-order chi connectivity index (χ1) is 9.12. The van der Waals surface area contributed by atoms with E-state index in [2.05, 4.69) is 5.32 Å². The Morgan fingerprint density at radius 1 is 1.26 bits per heavy atom. The van der Waals surface area contributed by atoms with Crippen LogP contribution in [0.4, 0.5) is 0 Å². The average molecular weight is 268 g/mol. The molecular formula is C14H24N2O3. The molecule has 2 aliphatic rings. The van der Waals surface area contributed by atoms with Crippen molar-refractivity contribution in [3.63, 3.8) is 0 Å². The van der Waals surface area contributed by atoms with Crippen molar-refractivity contribution >= 4 is 11.8 Å². The van der Waals surface area contributed by atoms with Gasteiger partial charge in [-0.2, -0.15) is 0 Å². The molecule has 3 N–H and O–H groups in total. The Balaban J connectivity index is 1.82. The van der Waals surface area contributed by atoms with Crippen molar-refractivity contribution < 1.29 is 14.3 Å². The summed E-state index contributed by atoms with van der Waals surface area (Å²) in [4.78, 5) is 23.7. The van der Waals surface area contributed by atoms with Gasteiger partial charge in [0.05, 0.1) is 0 Å². The minimum absolute atomic E-state index is 0.0485. The second kappa shape index (κ2) is 6.37. The van der Waals surface area contributed by atoms with Gasteiger partial charge in [-0.1, -0.05) is 19.3 Å². The quantitative estimate of drug-likeness (QED) is 0.783. The molecule has 1 saturated carbocycles. The molecule has 5 heteroatoms. The molecule has 0 bridgehead atoms. The highest BCUT2D eigenvalue weighted by Crippen LogP contribution is 2.28. The summed E-state index contributed by atoms with van der Waals surface area (Å²) < 4.78 is 5.29. The third-order valence-corrected chi connectivity index (χ3v) is 4.36. The lowest BCUT2D eigenvalue weighted by molar-refractivity contribution is -0.133. The van der Waals surface area contributed by atoms with Gasteiger partial charge >= 0.3 is 0 Å². The van der Waals surface area contributed by atoms with Crippen molar-refractivity contribution in [2.75, 3.05) is 13.2 Å². The molecule has 1 heterocycles. The van der Waals surface area contributed by atoms with E-state index in [0.29, 0.717) is 25.2 Å². The highest BCUT2D eigenvalue weighted by Gasteiger charge is 2.39. The highest BCUT2D eigenvalue weighted by atomic mass is 16.5. The Hall–Kier alpha value is -1.10. The molecule has 1 aliphatic carbocycles. The lowest BCUT2D eigenvalue weighted by atomic mass is 9.81. The summed E-state index contributed by atoms with van der Waals surface area (Å²) in [5, 5.41) is 2.90. The van der Waals surface area contributed by atoms with Gasteiger partial charge in [0, 0.05) is 19.6 Å². The molecule has 0 aromatic carbocycles. The minimum atomic E-state index is -0.790. The van der Waals surface area contributed by atoms with E-state index in [1.165, 1.54) is 0 Å². The van der Waals surface area contributed by atoms with Gasteiger partial charge in [-0.25, -0.2) is 0 Å². The largest absolute Gasteiger partial charge is 0.381 e. The predicted molar refractivity (Wildman–Crippen MR) is 71.3 cm³/mol. The summed E-state index contributed by atoms with van der Waals surface area (Å²) in [7, 11) is 0. The van der Waals surface area contributed by atoms with Crippen molar-refractivity contribution in [1.29, 1.82) is 0 Å². The highest BCUT2D eigenvalue weighted by molar-refractivity contribution is 5.90. The maximum Gasteiger partial charge on any atom is 0.243 e. The molecule has 5 nitrogen and oxygen atoms in total. The number of hydrogen-bond acceptors (Lipinski definition) is 3. The summed E-state index contributed by atoms with van der Waals surface area (Å²) in [5.41, 5.74) is 4.70. The van der Waals surface area contributed by atoms with Crippen LogP contribution in [0.3, 0.4) is 0 Å². The Morgan fingerprint density at radius 3 is 2.58 bits per heavy atom. The van der Waals surface area contributed by atoms with E-state index in [-0.39, 0.29) is 11.8 Å². The maximum absolute atomic E-state index is 12.0. The monoisotopic (exact) mass is 268 g/mol. The number of ether oxygens (including phenoxy) is 1. The fraction of sp³-hybridized carbons (Fsp3) is 0.857. The Labute approximate surface area is 114 Å². The molecule has 2 amide bonds. The maximum atomic E-state index is 12.0. The van der Waals surface area contributed by atoms with E-state index < -0.39 is 5.54 Å². The van der Waals surface area contributed by atoms with Crippen LogP contribution < -0.4 is 11.1 Å². The normalized spacial score (nSPS) is 26.0. The number of amides is 2. The summed E-state index contributed by atoms with van der Waals surface area (Å²) in [6.45, 7) is 1.56. The molecule has 1 saturated heterocycles. The zero-order chi connectivity index (χ0) is 13.7. The van der Waals surface area contributed by atoms with Crippen molar-refractivity contribution in [2.45, 2.75) is 56.9 Å². The average Bonchev–Trinajstić information content (AvgIpc) is 2.90. The van der Waals surface area contributed by atoms with Crippen LogP contribution in [0, 0.1) is 5.92 Å². The van der Waals surface area contributed by atoms with Crippen LogP contribution in [-0.2, 0) is 14.3 Å². The number of hydrogen-bond donors (Lipinski definition) is 2. The summed E-state index contributed by atoms with van der Waals surface area (Å²) in [6.07, 6.45) is 6.73. The number of primary amides is 1. The first-order valence-electron chi connectivity index (χ1n) is 7.31. The molecule has 2 fully saturated rings. The zero-order valence-corrected chi connectivity index (χ0v) is 11.5. The summed E-state index contributed by atoms with van der Waals surface area (Å²) in [6, 6.07) is 0. The van der Waals surface area contributed by atoms with Gasteiger partial charge in [0.1, 0.15) is 5.54 Å². The topological polar surface area (TPSA) is 81.4 Å². The Morgan fingerprint density at radius 2 is 2.00 bits per heavy atom. The van der Waals surface area contributed by atoms with E-state index in [4.69, 9.17) is 10.5 Å². The fourth-order valence-corrected chi connectivity index (χ4v) is 3.06. The van der Waals surface area contributed by atoms with Gasteiger partial charge < -0.3 is 15.8 Å². The van der Waals surface area contributed by atoms with Gasteiger partial charge in [0.15, 0.2) is 0 Å². The molecule has 1 aliphatic heterocycles. The third-order valence-electron chi connectivity index (χ3n) is 4.36. The van der Waals surface area contributed by atoms with Gasteiger partial charge in [-0.15, -0.1) is 0 Å². The minimum Gasteiger partial charge on any atom is -0.381 e. The van der Waals surface area contributed by atoms with Crippen LogP contribution in [0.5, 0.6) is 0 Å². The van der Waals surface area contributed by atoms with Crippen molar-refractivity contribution in [3.8, 4) is 0 Å². The third kappa shape index (κ3) is 3.69. The molecule has 19 heavy (non-hydrogen) atoms.